The van der Waals surface area contributed by atoms with E-state index >= 15 is 0 Å². The maximum absolute atomic E-state index is 12.0. The highest BCUT2D eigenvalue weighted by Gasteiger charge is 2.13. The van der Waals surface area contributed by atoms with Crippen LogP contribution in [-0.2, 0) is 7.05 Å². The monoisotopic (exact) mass is 294 g/mol. The average molecular weight is 295 g/mol. The maximum atomic E-state index is 12.0. The molecule has 1 heterocycles. The third-order valence-corrected chi connectivity index (χ3v) is 3.43. The van der Waals surface area contributed by atoms with Crippen molar-refractivity contribution < 1.29 is 4.79 Å². The summed E-state index contributed by atoms with van der Waals surface area (Å²) in [6.07, 6.45) is 1.39. The van der Waals surface area contributed by atoms with Crippen LogP contribution >= 0.6 is 15.9 Å². The second-order valence-corrected chi connectivity index (χ2v) is 4.39. The molecule has 2 rings (SSSR count). The lowest BCUT2D eigenvalue weighted by atomic mass is 10.1. The van der Waals surface area contributed by atoms with E-state index in [1.165, 1.54) is 11.0 Å². The van der Waals surface area contributed by atoms with E-state index in [0.717, 1.165) is 10.0 Å². The van der Waals surface area contributed by atoms with E-state index in [-0.39, 0.29) is 5.91 Å². The summed E-state index contributed by atoms with van der Waals surface area (Å²) in [5.41, 5.74) is 1.59. The molecule has 6 heteroatoms. The highest BCUT2D eigenvalue weighted by Crippen LogP contribution is 2.21. The standard InChI is InChI=1S/C11H11BrN4O/c1-7-4-3-5-8(9(7)12)10(17)15-11-13-6-14-16(11)2/h3-6H,1-2H3,(H,13,14,15,17). The molecule has 88 valence electrons. The van der Waals surface area contributed by atoms with E-state index < -0.39 is 0 Å². The second-order valence-electron chi connectivity index (χ2n) is 3.60. The van der Waals surface area contributed by atoms with Crippen LogP contribution in [0.25, 0.3) is 0 Å². The van der Waals surface area contributed by atoms with E-state index in [0.29, 0.717) is 11.5 Å². The van der Waals surface area contributed by atoms with Gasteiger partial charge < -0.3 is 0 Å². The fraction of sp³-hybridized carbons (Fsp3) is 0.182. The smallest absolute Gasteiger partial charge is 0.259 e. The SMILES string of the molecule is Cc1cccc(C(=O)Nc2ncnn2C)c1Br. The lowest BCUT2D eigenvalue weighted by Gasteiger charge is -2.07. The van der Waals surface area contributed by atoms with Gasteiger partial charge in [0.15, 0.2) is 0 Å². The summed E-state index contributed by atoms with van der Waals surface area (Å²) in [5, 5.41) is 6.58. The summed E-state index contributed by atoms with van der Waals surface area (Å²) in [7, 11) is 1.72. The van der Waals surface area contributed by atoms with Gasteiger partial charge in [0.05, 0.1) is 5.56 Å². The van der Waals surface area contributed by atoms with E-state index in [1.54, 1.807) is 13.1 Å². The molecular weight excluding hydrogens is 284 g/mol. The Bertz CT molecular complexity index is 564. The molecule has 0 aliphatic carbocycles. The van der Waals surface area contributed by atoms with E-state index in [2.05, 4.69) is 31.3 Å². The molecule has 1 aromatic heterocycles. The molecule has 0 aliphatic heterocycles. The van der Waals surface area contributed by atoms with Crippen molar-refractivity contribution in [1.29, 1.82) is 0 Å². The first-order valence-electron chi connectivity index (χ1n) is 5.00. The molecule has 0 saturated heterocycles. The number of hydrogen-bond acceptors (Lipinski definition) is 3. The number of aryl methyl sites for hydroxylation is 2. The predicted octanol–water partition coefficient (Wildman–Crippen LogP) is 2.14. The Morgan fingerprint density at radius 1 is 1.47 bits per heavy atom. The van der Waals surface area contributed by atoms with Gasteiger partial charge in [-0.05, 0) is 34.5 Å². The van der Waals surface area contributed by atoms with Gasteiger partial charge in [-0.25, -0.2) is 4.68 Å². The number of hydrogen-bond donors (Lipinski definition) is 1. The number of amides is 1. The van der Waals surface area contributed by atoms with E-state index in [9.17, 15) is 4.79 Å². The largest absolute Gasteiger partial charge is 0.291 e. The van der Waals surface area contributed by atoms with Crippen molar-refractivity contribution in [3.63, 3.8) is 0 Å². The number of halogens is 1. The Labute approximate surface area is 107 Å². The fourth-order valence-corrected chi connectivity index (χ4v) is 1.85. The summed E-state index contributed by atoms with van der Waals surface area (Å²) in [6.45, 7) is 1.93. The van der Waals surface area contributed by atoms with Gasteiger partial charge >= 0.3 is 0 Å². The summed E-state index contributed by atoms with van der Waals surface area (Å²) in [6, 6.07) is 5.53. The Balaban J connectivity index is 2.27. The highest BCUT2D eigenvalue weighted by molar-refractivity contribution is 9.10. The Morgan fingerprint density at radius 2 is 2.24 bits per heavy atom. The third-order valence-electron chi connectivity index (χ3n) is 2.37. The Kier molecular flexibility index (Phi) is 3.23. The van der Waals surface area contributed by atoms with Crippen molar-refractivity contribution in [2.24, 2.45) is 7.05 Å². The number of carbonyl (C=O) groups is 1. The highest BCUT2D eigenvalue weighted by atomic mass is 79.9. The minimum Gasteiger partial charge on any atom is -0.291 e. The molecule has 17 heavy (non-hydrogen) atoms. The lowest BCUT2D eigenvalue weighted by molar-refractivity contribution is 0.102. The minimum atomic E-state index is -0.211. The summed E-state index contributed by atoms with van der Waals surface area (Å²) < 4.78 is 2.29. The quantitative estimate of drug-likeness (QED) is 0.923. The van der Waals surface area contributed by atoms with Crippen LogP contribution in [0.4, 0.5) is 5.95 Å². The number of nitrogens with one attached hydrogen (secondary N) is 1. The van der Waals surface area contributed by atoms with Crippen LogP contribution in [0.5, 0.6) is 0 Å². The van der Waals surface area contributed by atoms with Crippen molar-refractivity contribution in [3.8, 4) is 0 Å². The first kappa shape index (κ1) is 11.8. The van der Waals surface area contributed by atoms with Gasteiger partial charge in [-0.2, -0.15) is 10.1 Å². The second kappa shape index (κ2) is 4.67. The number of rotatable bonds is 2. The van der Waals surface area contributed by atoms with Gasteiger partial charge in [0.2, 0.25) is 5.95 Å². The van der Waals surface area contributed by atoms with Gasteiger partial charge in [0.25, 0.3) is 5.91 Å². The van der Waals surface area contributed by atoms with Crippen LogP contribution in [0, 0.1) is 6.92 Å². The molecular formula is C11H11BrN4O. The van der Waals surface area contributed by atoms with Gasteiger partial charge in [0.1, 0.15) is 6.33 Å². The zero-order valence-electron chi connectivity index (χ0n) is 9.44. The molecule has 0 saturated carbocycles. The summed E-state index contributed by atoms with van der Waals surface area (Å²) in [4.78, 5) is 16.0. The normalized spacial score (nSPS) is 10.3. The van der Waals surface area contributed by atoms with Crippen molar-refractivity contribution in [2.45, 2.75) is 6.92 Å². The molecule has 1 aromatic carbocycles. The molecule has 0 fully saturated rings. The molecule has 0 radical (unpaired) electrons. The molecule has 0 unspecified atom stereocenters. The van der Waals surface area contributed by atoms with Crippen LogP contribution in [0.15, 0.2) is 29.0 Å². The van der Waals surface area contributed by atoms with Gasteiger partial charge in [-0.1, -0.05) is 12.1 Å². The molecule has 2 aromatic rings. The number of benzene rings is 1. The molecule has 1 N–H and O–H groups in total. The first-order chi connectivity index (χ1) is 8.09. The van der Waals surface area contributed by atoms with E-state index in [4.69, 9.17) is 0 Å². The van der Waals surface area contributed by atoms with Gasteiger partial charge in [0, 0.05) is 11.5 Å². The van der Waals surface area contributed by atoms with Gasteiger partial charge in [-0.3, -0.25) is 10.1 Å². The zero-order chi connectivity index (χ0) is 12.4. The van der Waals surface area contributed by atoms with Gasteiger partial charge in [-0.15, -0.1) is 0 Å². The van der Waals surface area contributed by atoms with Crippen LogP contribution < -0.4 is 5.32 Å². The molecule has 0 spiro atoms. The minimum absolute atomic E-state index is 0.211. The summed E-state index contributed by atoms with van der Waals surface area (Å²) in [5.74, 6) is 0.208. The van der Waals surface area contributed by atoms with Crippen LogP contribution in [-0.4, -0.2) is 20.7 Å². The topological polar surface area (TPSA) is 59.8 Å². The third kappa shape index (κ3) is 2.36. The number of aromatic nitrogens is 3. The lowest BCUT2D eigenvalue weighted by Crippen LogP contribution is -2.16. The number of carbonyl (C=O) groups excluding carboxylic acids is 1. The van der Waals surface area contributed by atoms with Crippen LogP contribution in [0.2, 0.25) is 0 Å². The molecule has 5 nitrogen and oxygen atoms in total. The Hall–Kier alpha value is -1.69. The molecule has 0 aliphatic rings. The van der Waals surface area contributed by atoms with Crippen molar-refractivity contribution in [1.82, 2.24) is 14.8 Å². The van der Waals surface area contributed by atoms with Crippen molar-refractivity contribution in [2.75, 3.05) is 5.32 Å². The first-order valence-corrected chi connectivity index (χ1v) is 5.79. The predicted molar refractivity (Wildman–Crippen MR) is 67.8 cm³/mol. The van der Waals surface area contributed by atoms with E-state index in [1.807, 2.05) is 19.1 Å². The molecule has 0 atom stereocenters. The Morgan fingerprint density at radius 3 is 2.88 bits per heavy atom. The van der Waals surface area contributed by atoms with Crippen LogP contribution in [0.1, 0.15) is 15.9 Å². The van der Waals surface area contributed by atoms with Crippen molar-refractivity contribution in [3.05, 3.63) is 40.1 Å². The molecule has 1 amide bonds. The molecule has 0 bridgehead atoms. The van der Waals surface area contributed by atoms with Crippen molar-refractivity contribution >= 4 is 27.8 Å². The zero-order valence-corrected chi connectivity index (χ0v) is 11.0. The average Bonchev–Trinajstić information content (AvgIpc) is 2.68. The summed E-state index contributed by atoms with van der Waals surface area (Å²) >= 11 is 3.40. The maximum Gasteiger partial charge on any atom is 0.259 e. The number of anilines is 1. The fourth-order valence-electron chi connectivity index (χ4n) is 1.40. The van der Waals surface area contributed by atoms with Crippen LogP contribution in [0.3, 0.4) is 0 Å². The number of nitrogens with zero attached hydrogens (tertiary/aromatic N) is 3.